The van der Waals surface area contributed by atoms with Crippen molar-refractivity contribution in [2.24, 2.45) is 0 Å². The van der Waals surface area contributed by atoms with Gasteiger partial charge in [0.05, 0.1) is 18.3 Å². The van der Waals surface area contributed by atoms with Crippen molar-refractivity contribution in [3.8, 4) is 11.1 Å². The summed E-state index contributed by atoms with van der Waals surface area (Å²) in [5.41, 5.74) is 1.41. The second-order valence-corrected chi connectivity index (χ2v) is 5.83. The van der Waals surface area contributed by atoms with Crippen LogP contribution in [0.2, 0.25) is 0 Å². The van der Waals surface area contributed by atoms with E-state index in [9.17, 15) is 17.6 Å². The van der Waals surface area contributed by atoms with E-state index < -0.39 is 17.6 Å². The van der Waals surface area contributed by atoms with Crippen LogP contribution in [0.1, 0.15) is 11.1 Å². The summed E-state index contributed by atoms with van der Waals surface area (Å²) in [5, 5.41) is 5.05. The van der Waals surface area contributed by atoms with E-state index in [0.29, 0.717) is 0 Å². The zero-order chi connectivity index (χ0) is 18.3. The Morgan fingerprint density at radius 3 is 2.77 bits per heavy atom. The molecule has 0 saturated carbocycles. The fourth-order valence-corrected chi connectivity index (χ4v) is 2.85. The summed E-state index contributed by atoms with van der Waals surface area (Å²) >= 11 is 0. The minimum Gasteiger partial charge on any atom is -0.346 e. The van der Waals surface area contributed by atoms with Gasteiger partial charge in [0.25, 0.3) is 0 Å². The van der Waals surface area contributed by atoms with Crippen LogP contribution in [0.5, 0.6) is 0 Å². The average Bonchev–Trinajstić information content (AvgIpc) is 3.24. The monoisotopic (exact) mass is 360 g/mol. The minimum atomic E-state index is -4.52. The van der Waals surface area contributed by atoms with Crippen LogP contribution in [0.4, 0.5) is 17.6 Å². The molecule has 1 aromatic carbocycles. The van der Waals surface area contributed by atoms with Gasteiger partial charge in [0.2, 0.25) is 0 Å². The van der Waals surface area contributed by atoms with Crippen molar-refractivity contribution >= 4 is 11.0 Å². The van der Waals surface area contributed by atoms with Gasteiger partial charge in [-0.15, -0.1) is 0 Å². The van der Waals surface area contributed by atoms with Gasteiger partial charge in [0, 0.05) is 35.1 Å². The lowest BCUT2D eigenvalue weighted by atomic mass is 10.1. The van der Waals surface area contributed by atoms with Crippen molar-refractivity contribution in [3.63, 3.8) is 0 Å². The molecule has 0 radical (unpaired) electrons. The number of hydrogen-bond donors (Lipinski definition) is 1. The second-order valence-electron chi connectivity index (χ2n) is 5.83. The lowest BCUT2D eigenvalue weighted by Crippen LogP contribution is -2.08. The summed E-state index contributed by atoms with van der Waals surface area (Å²) in [5.74, 6) is -0.702. The molecule has 26 heavy (non-hydrogen) atoms. The number of H-pyrrole nitrogens is 1. The highest BCUT2D eigenvalue weighted by molar-refractivity contribution is 5.92. The molecule has 0 fully saturated rings. The molecule has 0 spiro atoms. The summed E-state index contributed by atoms with van der Waals surface area (Å²) in [4.78, 5) is 7.22. The maximum atomic E-state index is 13.9. The topological polar surface area (TPSA) is 46.5 Å². The van der Waals surface area contributed by atoms with E-state index in [0.717, 1.165) is 40.4 Å². The lowest BCUT2D eigenvalue weighted by molar-refractivity contribution is -0.137. The fourth-order valence-electron chi connectivity index (χ4n) is 2.85. The van der Waals surface area contributed by atoms with Gasteiger partial charge in [-0.2, -0.15) is 18.3 Å². The van der Waals surface area contributed by atoms with Gasteiger partial charge in [-0.05, 0) is 35.9 Å². The largest absolute Gasteiger partial charge is 0.416 e. The summed E-state index contributed by atoms with van der Waals surface area (Å²) in [6.45, 7) is -0.100. The third kappa shape index (κ3) is 2.94. The average molecular weight is 360 g/mol. The van der Waals surface area contributed by atoms with Gasteiger partial charge in [-0.25, -0.2) is 9.37 Å². The SMILES string of the molecule is Fc1ccc(C(F)(F)F)cc1Cn1cc(-c2ccnc3[nH]ccc23)cn1. The van der Waals surface area contributed by atoms with Crippen LogP contribution in [0.3, 0.4) is 0 Å². The quantitative estimate of drug-likeness (QED) is 0.542. The number of nitrogens with one attached hydrogen (secondary N) is 1. The summed E-state index contributed by atoms with van der Waals surface area (Å²) < 4.78 is 53.8. The highest BCUT2D eigenvalue weighted by atomic mass is 19.4. The zero-order valence-corrected chi connectivity index (χ0v) is 13.3. The number of aromatic nitrogens is 4. The number of aromatic amines is 1. The molecule has 0 aliphatic heterocycles. The van der Waals surface area contributed by atoms with Crippen molar-refractivity contribution in [2.45, 2.75) is 12.7 Å². The Kier molecular flexibility index (Phi) is 3.75. The van der Waals surface area contributed by atoms with E-state index >= 15 is 0 Å². The highest BCUT2D eigenvalue weighted by Crippen LogP contribution is 2.31. The normalized spacial score (nSPS) is 12.0. The molecule has 0 aliphatic rings. The van der Waals surface area contributed by atoms with Gasteiger partial charge in [-0.1, -0.05) is 0 Å². The first kappa shape index (κ1) is 16.3. The molecule has 8 heteroatoms. The standard InChI is InChI=1S/C18H12F4N4/c19-16-2-1-13(18(20,21)22)7-11(16)9-26-10-12(8-25-26)14-3-5-23-17-15(14)4-6-24-17/h1-8,10H,9H2,(H,23,24). The van der Waals surface area contributed by atoms with Crippen molar-refractivity contribution in [3.05, 3.63) is 72.1 Å². The Bertz CT molecular complexity index is 1080. The van der Waals surface area contributed by atoms with Crippen molar-refractivity contribution in [1.29, 1.82) is 0 Å². The number of benzene rings is 1. The predicted octanol–water partition coefficient (Wildman–Crippen LogP) is 4.63. The Morgan fingerprint density at radius 1 is 1.12 bits per heavy atom. The third-order valence-corrected chi connectivity index (χ3v) is 4.11. The molecule has 0 atom stereocenters. The predicted molar refractivity (Wildman–Crippen MR) is 87.8 cm³/mol. The first-order chi connectivity index (χ1) is 12.4. The van der Waals surface area contributed by atoms with Crippen LogP contribution >= 0.6 is 0 Å². The van der Waals surface area contributed by atoms with E-state index in [2.05, 4.69) is 15.1 Å². The Morgan fingerprint density at radius 2 is 1.96 bits per heavy atom. The van der Waals surface area contributed by atoms with Crippen LogP contribution < -0.4 is 0 Å². The molecule has 1 N–H and O–H groups in total. The maximum absolute atomic E-state index is 13.9. The van der Waals surface area contributed by atoms with Gasteiger partial charge in [-0.3, -0.25) is 4.68 Å². The van der Waals surface area contributed by atoms with E-state index in [1.165, 1.54) is 4.68 Å². The Labute approximate surface area is 145 Å². The second kappa shape index (κ2) is 5.98. The first-order valence-electron chi connectivity index (χ1n) is 7.72. The Balaban J connectivity index is 1.67. The summed E-state index contributed by atoms with van der Waals surface area (Å²) in [6, 6.07) is 6.07. The van der Waals surface area contributed by atoms with Crippen LogP contribution in [0.15, 0.2) is 55.1 Å². The van der Waals surface area contributed by atoms with Gasteiger partial charge in [0.1, 0.15) is 11.5 Å². The number of fused-ring (bicyclic) bond motifs is 1. The number of hydrogen-bond acceptors (Lipinski definition) is 2. The van der Waals surface area contributed by atoms with Crippen LogP contribution in [-0.2, 0) is 12.7 Å². The number of pyridine rings is 1. The molecule has 4 rings (SSSR count). The van der Waals surface area contributed by atoms with Gasteiger partial charge < -0.3 is 4.98 Å². The van der Waals surface area contributed by atoms with E-state index in [1.807, 2.05) is 12.1 Å². The van der Waals surface area contributed by atoms with Crippen LogP contribution in [0, 0.1) is 5.82 Å². The molecule has 4 nitrogen and oxygen atoms in total. The van der Waals surface area contributed by atoms with Gasteiger partial charge >= 0.3 is 6.18 Å². The number of nitrogens with zero attached hydrogens (tertiary/aromatic N) is 3. The molecule has 0 unspecified atom stereocenters. The van der Waals surface area contributed by atoms with Crippen LogP contribution in [-0.4, -0.2) is 19.7 Å². The maximum Gasteiger partial charge on any atom is 0.416 e. The fraction of sp³-hybridized carbons (Fsp3) is 0.111. The molecule has 3 aromatic heterocycles. The smallest absolute Gasteiger partial charge is 0.346 e. The Hall–Kier alpha value is -3.16. The third-order valence-electron chi connectivity index (χ3n) is 4.11. The van der Waals surface area contributed by atoms with Crippen molar-refractivity contribution in [2.75, 3.05) is 0 Å². The van der Waals surface area contributed by atoms with E-state index in [4.69, 9.17) is 0 Å². The molecule has 4 aromatic rings. The molecule has 0 saturated heterocycles. The van der Waals surface area contributed by atoms with Crippen molar-refractivity contribution < 1.29 is 17.6 Å². The molecular weight excluding hydrogens is 348 g/mol. The summed E-state index contributed by atoms with van der Waals surface area (Å²) in [6.07, 6.45) is 2.16. The van der Waals surface area contributed by atoms with E-state index in [1.54, 1.807) is 24.8 Å². The van der Waals surface area contributed by atoms with E-state index in [-0.39, 0.29) is 12.1 Å². The number of alkyl halides is 3. The lowest BCUT2D eigenvalue weighted by Gasteiger charge is -2.10. The molecule has 0 aliphatic carbocycles. The molecule has 0 amide bonds. The van der Waals surface area contributed by atoms with Crippen LogP contribution in [0.25, 0.3) is 22.2 Å². The molecule has 3 heterocycles. The molecule has 132 valence electrons. The minimum absolute atomic E-state index is 0.0732. The summed E-state index contributed by atoms with van der Waals surface area (Å²) in [7, 11) is 0. The zero-order valence-electron chi connectivity index (χ0n) is 13.3. The molecular formula is C18H12F4N4. The molecule has 0 bridgehead atoms. The number of halogens is 4. The van der Waals surface area contributed by atoms with Gasteiger partial charge in [0.15, 0.2) is 0 Å². The number of rotatable bonds is 3. The first-order valence-corrected chi connectivity index (χ1v) is 7.72. The highest BCUT2D eigenvalue weighted by Gasteiger charge is 2.31. The van der Waals surface area contributed by atoms with Crippen molar-refractivity contribution in [1.82, 2.24) is 19.7 Å².